The van der Waals surface area contributed by atoms with Gasteiger partial charge in [0.15, 0.2) is 0 Å². The smallest absolute Gasteiger partial charge is 0.231 e. The van der Waals surface area contributed by atoms with Crippen LogP contribution >= 0.6 is 11.6 Å². The molecule has 1 aromatic carbocycles. The maximum Gasteiger partial charge on any atom is 0.231 e. The van der Waals surface area contributed by atoms with Gasteiger partial charge in [0.25, 0.3) is 0 Å². The van der Waals surface area contributed by atoms with Crippen molar-refractivity contribution in [1.29, 1.82) is 0 Å². The van der Waals surface area contributed by atoms with Gasteiger partial charge in [0.1, 0.15) is 0 Å². The summed E-state index contributed by atoms with van der Waals surface area (Å²) in [5.41, 5.74) is 8.10. The fourth-order valence-electron chi connectivity index (χ4n) is 3.12. The van der Waals surface area contributed by atoms with E-state index in [0.717, 1.165) is 48.5 Å². The van der Waals surface area contributed by atoms with Gasteiger partial charge >= 0.3 is 0 Å². The summed E-state index contributed by atoms with van der Waals surface area (Å²) in [4.78, 5) is 14.4. The quantitative estimate of drug-likeness (QED) is 0.846. The number of amides is 1. The third-order valence-corrected chi connectivity index (χ3v) is 4.48. The molecule has 1 aliphatic heterocycles. The molecule has 2 atom stereocenters. The topological polar surface area (TPSA) is 46.3 Å². The van der Waals surface area contributed by atoms with Gasteiger partial charge < -0.3 is 10.6 Å². The number of fused-ring (bicyclic) bond motifs is 1. The van der Waals surface area contributed by atoms with Gasteiger partial charge in [0, 0.05) is 23.3 Å². The predicted octanol–water partition coefficient (Wildman–Crippen LogP) is 2.36. The van der Waals surface area contributed by atoms with Crippen LogP contribution in [0.1, 0.15) is 24.8 Å². The summed E-state index contributed by atoms with van der Waals surface area (Å²) in [6, 6.07) is 5.80. The zero-order chi connectivity index (χ0) is 12.7. The van der Waals surface area contributed by atoms with Gasteiger partial charge in [-0.1, -0.05) is 24.1 Å². The van der Waals surface area contributed by atoms with Crippen molar-refractivity contribution >= 4 is 23.2 Å². The van der Waals surface area contributed by atoms with Crippen molar-refractivity contribution in [2.75, 3.05) is 11.4 Å². The average molecular weight is 265 g/mol. The van der Waals surface area contributed by atoms with Crippen LogP contribution in [0.25, 0.3) is 0 Å². The third kappa shape index (κ3) is 1.82. The number of nitrogens with two attached hydrogens (primary N) is 1. The van der Waals surface area contributed by atoms with Crippen LogP contribution in [0.3, 0.4) is 0 Å². The highest BCUT2D eigenvalue weighted by molar-refractivity contribution is 6.32. The second-order valence-electron chi connectivity index (χ2n) is 5.18. The van der Waals surface area contributed by atoms with Gasteiger partial charge in [0.2, 0.25) is 5.91 Å². The highest BCUT2D eigenvalue weighted by Gasteiger charge is 2.36. The molecule has 18 heavy (non-hydrogen) atoms. The molecule has 1 saturated carbocycles. The molecule has 1 fully saturated rings. The van der Waals surface area contributed by atoms with Gasteiger partial charge in [-0.05, 0) is 37.0 Å². The van der Waals surface area contributed by atoms with Crippen LogP contribution in [0.2, 0.25) is 5.02 Å². The number of carbonyl (C=O) groups excluding carboxylic acids is 1. The Morgan fingerprint density at radius 2 is 2.22 bits per heavy atom. The van der Waals surface area contributed by atoms with E-state index >= 15 is 0 Å². The zero-order valence-electron chi connectivity index (χ0n) is 10.2. The average Bonchev–Trinajstić information content (AvgIpc) is 2.95. The van der Waals surface area contributed by atoms with Crippen LogP contribution < -0.4 is 10.6 Å². The van der Waals surface area contributed by atoms with E-state index in [1.807, 2.05) is 23.1 Å². The van der Waals surface area contributed by atoms with E-state index in [0.29, 0.717) is 0 Å². The fraction of sp³-hybridized carbons (Fsp3) is 0.500. The lowest BCUT2D eigenvalue weighted by molar-refractivity contribution is -0.122. The summed E-state index contributed by atoms with van der Waals surface area (Å²) in [6.45, 7) is 0.737. The van der Waals surface area contributed by atoms with Crippen LogP contribution in [-0.2, 0) is 11.2 Å². The lowest BCUT2D eigenvalue weighted by atomic mass is 10.0. The molecule has 0 bridgehead atoms. The molecule has 2 aliphatic rings. The Kier molecular flexibility index (Phi) is 3.04. The first-order chi connectivity index (χ1) is 8.68. The molecular formula is C14H17ClN2O. The summed E-state index contributed by atoms with van der Waals surface area (Å²) in [5.74, 6) is 0.177. The number of hydrogen-bond donors (Lipinski definition) is 1. The number of hydrogen-bond acceptors (Lipinski definition) is 2. The maximum absolute atomic E-state index is 12.5. The molecule has 1 amide bonds. The molecule has 0 saturated heterocycles. The van der Waals surface area contributed by atoms with Gasteiger partial charge in [-0.3, -0.25) is 4.79 Å². The summed E-state index contributed by atoms with van der Waals surface area (Å²) >= 11 is 6.17. The van der Waals surface area contributed by atoms with Crippen molar-refractivity contribution in [1.82, 2.24) is 0 Å². The highest BCUT2D eigenvalue weighted by Crippen LogP contribution is 2.36. The lowest BCUT2D eigenvalue weighted by Gasteiger charge is -2.23. The van der Waals surface area contributed by atoms with Crippen molar-refractivity contribution in [2.24, 2.45) is 11.7 Å². The van der Waals surface area contributed by atoms with E-state index in [2.05, 4.69) is 0 Å². The molecule has 0 spiro atoms. The first-order valence-corrected chi connectivity index (χ1v) is 6.90. The molecule has 2 N–H and O–H groups in total. The molecule has 1 aliphatic carbocycles. The number of anilines is 1. The second-order valence-corrected chi connectivity index (χ2v) is 5.59. The molecule has 0 radical (unpaired) electrons. The third-order valence-electron chi connectivity index (χ3n) is 4.12. The van der Waals surface area contributed by atoms with E-state index in [-0.39, 0.29) is 17.9 Å². The summed E-state index contributed by atoms with van der Waals surface area (Å²) in [6.07, 6.45) is 3.80. The highest BCUT2D eigenvalue weighted by atomic mass is 35.5. The normalized spacial score (nSPS) is 26.4. The zero-order valence-corrected chi connectivity index (χ0v) is 11.0. The van der Waals surface area contributed by atoms with E-state index < -0.39 is 0 Å². The van der Waals surface area contributed by atoms with Crippen LogP contribution in [-0.4, -0.2) is 18.5 Å². The number of carbonyl (C=O) groups is 1. The minimum absolute atomic E-state index is 0.00469. The first kappa shape index (κ1) is 12.0. The van der Waals surface area contributed by atoms with E-state index in [1.54, 1.807) is 0 Å². The number of benzene rings is 1. The Morgan fingerprint density at radius 3 is 2.94 bits per heavy atom. The van der Waals surface area contributed by atoms with E-state index in [4.69, 9.17) is 17.3 Å². The Balaban J connectivity index is 1.88. The monoisotopic (exact) mass is 264 g/mol. The standard InChI is InChI=1S/C14H17ClN2O/c15-11-4-2-6-13-9(11)7-8-17(13)14(18)10-3-1-5-12(10)16/h2,4,6,10,12H,1,3,5,7-8,16H2/t10-,12+/m1/s1. The van der Waals surface area contributed by atoms with Gasteiger partial charge in [0.05, 0.1) is 5.92 Å². The number of nitrogens with zero attached hydrogens (tertiary/aromatic N) is 1. The minimum atomic E-state index is -0.00469. The molecule has 0 unspecified atom stereocenters. The van der Waals surface area contributed by atoms with Crippen molar-refractivity contribution in [3.05, 3.63) is 28.8 Å². The second kappa shape index (κ2) is 4.56. The Hall–Kier alpha value is -1.06. The fourth-order valence-corrected chi connectivity index (χ4v) is 3.38. The number of rotatable bonds is 1. The molecule has 3 rings (SSSR count). The maximum atomic E-state index is 12.5. The Morgan fingerprint density at radius 1 is 1.39 bits per heavy atom. The summed E-state index contributed by atoms with van der Waals surface area (Å²) in [7, 11) is 0. The molecule has 96 valence electrons. The van der Waals surface area contributed by atoms with Crippen LogP contribution in [0.15, 0.2) is 18.2 Å². The van der Waals surface area contributed by atoms with Crippen LogP contribution in [0, 0.1) is 5.92 Å². The van der Waals surface area contributed by atoms with Gasteiger partial charge in [-0.25, -0.2) is 0 Å². The Bertz CT molecular complexity index is 489. The molecule has 3 nitrogen and oxygen atoms in total. The molecular weight excluding hydrogens is 248 g/mol. The Labute approximate surface area is 112 Å². The number of halogens is 1. The minimum Gasteiger partial charge on any atom is -0.327 e. The first-order valence-electron chi connectivity index (χ1n) is 6.53. The summed E-state index contributed by atoms with van der Waals surface area (Å²) in [5, 5.41) is 0.763. The van der Waals surface area contributed by atoms with E-state index in [9.17, 15) is 4.79 Å². The van der Waals surface area contributed by atoms with Crippen LogP contribution in [0.5, 0.6) is 0 Å². The van der Waals surface area contributed by atoms with Crippen molar-refractivity contribution in [3.63, 3.8) is 0 Å². The van der Waals surface area contributed by atoms with Gasteiger partial charge in [-0.2, -0.15) is 0 Å². The molecule has 1 aromatic rings. The summed E-state index contributed by atoms with van der Waals surface area (Å²) < 4.78 is 0. The van der Waals surface area contributed by atoms with Crippen LogP contribution in [0.4, 0.5) is 5.69 Å². The van der Waals surface area contributed by atoms with Crippen molar-refractivity contribution < 1.29 is 4.79 Å². The molecule has 1 heterocycles. The van der Waals surface area contributed by atoms with Crippen molar-refractivity contribution in [3.8, 4) is 0 Å². The SMILES string of the molecule is N[C@H]1CCC[C@H]1C(=O)N1CCc2c(Cl)cccc21. The lowest BCUT2D eigenvalue weighted by Crippen LogP contribution is -2.41. The molecule has 4 heteroatoms. The molecule has 0 aromatic heterocycles. The van der Waals surface area contributed by atoms with Gasteiger partial charge in [-0.15, -0.1) is 0 Å². The largest absolute Gasteiger partial charge is 0.327 e. The predicted molar refractivity (Wildman–Crippen MR) is 72.8 cm³/mol. The van der Waals surface area contributed by atoms with E-state index in [1.165, 1.54) is 0 Å². The van der Waals surface area contributed by atoms with Crippen molar-refractivity contribution in [2.45, 2.75) is 31.7 Å².